The number of hydrogen-bond acceptors (Lipinski definition) is 6. The summed E-state index contributed by atoms with van der Waals surface area (Å²) >= 11 is 0. The van der Waals surface area contributed by atoms with Crippen molar-refractivity contribution >= 4 is 11.0 Å². The van der Waals surface area contributed by atoms with Crippen molar-refractivity contribution in [3.05, 3.63) is 84.0 Å². The van der Waals surface area contributed by atoms with E-state index in [1.807, 2.05) is 18.3 Å². The number of imidazole rings is 1. The van der Waals surface area contributed by atoms with Crippen molar-refractivity contribution in [3.8, 4) is 0 Å². The summed E-state index contributed by atoms with van der Waals surface area (Å²) in [6.45, 7) is 3.49. The number of benzene rings is 1. The van der Waals surface area contributed by atoms with Gasteiger partial charge in [0.25, 0.3) is 0 Å². The summed E-state index contributed by atoms with van der Waals surface area (Å²) in [6.07, 6.45) is 11.2. The molecule has 0 amide bonds. The van der Waals surface area contributed by atoms with Gasteiger partial charge in [-0.15, -0.1) is 0 Å². The first-order valence-electron chi connectivity index (χ1n) is 11.9. The standard InChI is InChI=1S/C26H31N7.CH4/c1-2-11-22-21(10-1)31-25(32-22)19-33(23-12-5-8-20-9-6-14-30-26(20)23)17-4-3-13-27-18-24-28-15-7-16-29-24;/h1-2,6-7,9-11,14-16,23,27H,3-5,8,12-13,17-19H2,(H,31,32);1H4. The number of aryl methyl sites for hydroxylation is 1. The SMILES string of the molecule is C.c1cnc(CNCCCCN(Cc2nc3ccccc3[nH]2)C2CCCc3cccnc32)nc1. The van der Waals surface area contributed by atoms with Crippen LogP contribution in [0.1, 0.15) is 62.1 Å². The average molecular weight is 458 g/mol. The Morgan fingerprint density at radius 1 is 0.971 bits per heavy atom. The summed E-state index contributed by atoms with van der Waals surface area (Å²) in [5, 5.41) is 3.46. The number of pyridine rings is 1. The van der Waals surface area contributed by atoms with Crippen LogP contribution in [-0.4, -0.2) is 42.9 Å². The molecule has 34 heavy (non-hydrogen) atoms. The minimum atomic E-state index is 0. The molecule has 7 heteroatoms. The third kappa shape index (κ3) is 5.85. The van der Waals surface area contributed by atoms with E-state index in [1.165, 1.54) is 17.7 Å². The van der Waals surface area contributed by atoms with E-state index in [4.69, 9.17) is 9.97 Å². The second-order valence-corrected chi connectivity index (χ2v) is 8.68. The number of aromatic nitrogens is 5. The highest BCUT2D eigenvalue weighted by Crippen LogP contribution is 2.33. The van der Waals surface area contributed by atoms with Crippen LogP contribution in [0.2, 0.25) is 0 Å². The Balaban J connectivity index is 0.00000274. The minimum Gasteiger partial charge on any atom is -0.341 e. The number of para-hydroxylation sites is 2. The van der Waals surface area contributed by atoms with Crippen molar-refractivity contribution in [3.63, 3.8) is 0 Å². The van der Waals surface area contributed by atoms with Gasteiger partial charge >= 0.3 is 0 Å². The number of rotatable bonds is 10. The van der Waals surface area contributed by atoms with Gasteiger partial charge in [-0.3, -0.25) is 9.88 Å². The molecule has 3 heterocycles. The van der Waals surface area contributed by atoms with Gasteiger partial charge in [0, 0.05) is 18.6 Å². The highest BCUT2D eigenvalue weighted by Gasteiger charge is 2.27. The quantitative estimate of drug-likeness (QED) is 0.332. The molecular weight excluding hydrogens is 422 g/mol. The van der Waals surface area contributed by atoms with Crippen LogP contribution in [0.15, 0.2) is 61.1 Å². The highest BCUT2D eigenvalue weighted by molar-refractivity contribution is 5.74. The number of nitrogens with one attached hydrogen (secondary N) is 2. The molecule has 0 fully saturated rings. The fourth-order valence-electron chi connectivity index (χ4n) is 4.74. The molecule has 3 aromatic heterocycles. The van der Waals surface area contributed by atoms with Crippen molar-refractivity contribution in [2.75, 3.05) is 13.1 Å². The molecule has 0 spiro atoms. The van der Waals surface area contributed by atoms with Crippen molar-refractivity contribution in [1.29, 1.82) is 0 Å². The van der Waals surface area contributed by atoms with Gasteiger partial charge in [-0.1, -0.05) is 25.6 Å². The molecule has 4 aromatic rings. The molecule has 178 valence electrons. The molecule has 0 saturated carbocycles. The first-order valence-corrected chi connectivity index (χ1v) is 11.9. The maximum absolute atomic E-state index is 4.85. The zero-order valence-electron chi connectivity index (χ0n) is 19.0. The Bertz CT molecular complexity index is 1120. The van der Waals surface area contributed by atoms with Crippen LogP contribution in [0.5, 0.6) is 0 Å². The van der Waals surface area contributed by atoms with E-state index in [0.29, 0.717) is 12.6 Å². The normalized spacial score (nSPS) is 15.3. The summed E-state index contributed by atoms with van der Waals surface area (Å²) in [5.74, 6) is 1.87. The molecule has 1 aromatic carbocycles. The van der Waals surface area contributed by atoms with Gasteiger partial charge in [-0.2, -0.15) is 0 Å². The van der Waals surface area contributed by atoms with E-state index in [0.717, 1.165) is 68.0 Å². The fourth-order valence-corrected chi connectivity index (χ4v) is 4.74. The maximum atomic E-state index is 4.85. The molecular formula is C27H35N7. The molecule has 1 aliphatic rings. The third-order valence-corrected chi connectivity index (χ3v) is 6.35. The number of fused-ring (bicyclic) bond motifs is 2. The van der Waals surface area contributed by atoms with Gasteiger partial charge in [0.1, 0.15) is 11.6 Å². The van der Waals surface area contributed by atoms with Crippen LogP contribution in [0.3, 0.4) is 0 Å². The predicted octanol–water partition coefficient (Wildman–Crippen LogP) is 4.83. The second-order valence-electron chi connectivity index (χ2n) is 8.68. The number of unbranched alkanes of at least 4 members (excludes halogenated alkanes) is 1. The van der Waals surface area contributed by atoms with Crippen LogP contribution in [0.25, 0.3) is 11.0 Å². The second kappa shape index (κ2) is 11.8. The Morgan fingerprint density at radius 3 is 2.71 bits per heavy atom. The Labute approximate surface area is 202 Å². The van der Waals surface area contributed by atoms with Crippen molar-refractivity contribution in [2.45, 2.75) is 58.7 Å². The summed E-state index contributed by atoms with van der Waals surface area (Å²) in [5.41, 5.74) is 4.77. The lowest BCUT2D eigenvalue weighted by Crippen LogP contribution is -2.33. The summed E-state index contributed by atoms with van der Waals surface area (Å²) in [4.78, 5) is 24.3. The van der Waals surface area contributed by atoms with Crippen molar-refractivity contribution in [1.82, 2.24) is 35.1 Å². The molecule has 0 radical (unpaired) electrons. The van der Waals surface area contributed by atoms with E-state index in [1.54, 1.807) is 12.4 Å². The molecule has 1 unspecified atom stereocenters. The van der Waals surface area contributed by atoms with E-state index in [9.17, 15) is 0 Å². The zero-order valence-corrected chi connectivity index (χ0v) is 19.0. The zero-order chi connectivity index (χ0) is 22.3. The van der Waals surface area contributed by atoms with E-state index in [2.05, 4.69) is 55.5 Å². The topological polar surface area (TPSA) is 82.6 Å². The lowest BCUT2D eigenvalue weighted by molar-refractivity contribution is 0.159. The van der Waals surface area contributed by atoms with Crippen LogP contribution in [0.4, 0.5) is 0 Å². The van der Waals surface area contributed by atoms with Gasteiger partial charge in [0.15, 0.2) is 0 Å². The van der Waals surface area contributed by atoms with Crippen molar-refractivity contribution < 1.29 is 0 Å². The number of H-pyrrole nitrogens is 1. The lowest BCUT2D eigenvalue weighted by atomic mass is 9.90. The molecule has 0 bridgehead atoms. The minimum absolute atomic E-state index is 0. The smallest absolute Gasteiger partial charge is 0.141 e. The number of nitrogens with zero attached hydrogens (tertiary/aromatic N) is 5. The van der Waals surface area contributed by atoms with Crippen LogP contribution in [0, 0.1) is 0 Å². The van der Waals surface area contributed by atoms with E-state index in [-0.39, 0.29) is 7.43 Å². The van der Waals surface area contributed by atoms with Crippen molar-refractivity contribution in [2.24, 2.45) is 0 Å². The molecule has 0 saturated heterocycles. The molecule has 0 aliphatic heterocycles. The van der Waals surface area contributed by atoms with Crippen LogP contribution in [-0.2, 0) is 19.5 Å². The fraction of sp³-hybridized carbons (Fsp3) is 0.407. The van der Waals surface area contributed by atoms with Gasteiger partial charge in [0.2, 0.25) is 0 Å². The molecule has 1 aliphatic carbocycles. The number of aromatic amines is 1. The van der Waals surface area contributed by atoms with E-state index < -0.39 is 0 Å². The van der Waals surface area contributed by atoms with Crippen LogP contribution >= 0.6 is 0 Å². The highest BCUT2D eigenvalue weighted by atomic mass is 15.2. The monoisotopic (exact) mass is 457 g/mol. The maximum Gasteiger partial charge on any atom is 0.141 e. The summed E-state index contributed by atoms with van der Waals surface area (Å²) in [7, 11) is 0. The molecule has 1 atom stereocenters. The first kappa shape index (κ1) is 24.0. The average Bonchev–Trinajstić information content (AvgIpc) is 3.28. The van der Waals surface area contributed by atoms with Gasteiger partial charge in [-0.05, 0) is 75.0 Å². The summed E-state index contributed by atoms with van der Waals surface area (Å²) < 4.78 is 0. The largest absolute Gasteiger partial charge is 0.341 e. The van der Waals surface area contributed by atoms with E-state index >= 15 is 0 Å². The summed E-state index contributed by atoms with van der Waals surface area (Å²) in [6, 6.07) is 14.7. The van der Waals surface area contributed by atoms with Gasteiger partial charge < -0.3 is 10.3 Å². The Kier molecular flexibility index (Phi) is 8.33. The third-order valence-electron chi connectivity index (χ3n) is 6.35. The van der Waals surface area contributed by atoms with Crippen LogP contribution < -0.4 is 5.32 Å². The molecule has 7 nitrogen and oxygen atoms in total. The first-order chi connectivity index (χ1) is 16.4. The Morgan fingerprint density at radius 2 is 1.82 bits per heavy atom. The predicted molar refractivity (Wildman–Crippen MR) is 136 cm³/mol. The molecule has 2 N–H and O–H groups in total. The molecule has 5 rings (SSSR count). The van der Waals surface area contributed by atoms with Gasteiger partial charge in [-0.25, -0.2) is 15.0 Å². The number of hydrogen-bond donors (Lipinski definition) is 2. The lowest BCUT2D eigenvalue weighted by Gasteiger charge is -2.34. The Hall–Kier alpha value is -3.16. The van der Waals surface area contributed by atoms with Gasteiger partial charge in [0.05, 0.1) is 35.9 Å².